The van der Waals surface area contributed by atoms with E-state index in [4.69, 9.17) is 9.94 Å². The quantitative estimate of drug-likeness (QED) is 0.543. The molecule has 0 bridgehead atoms. The molecule has 1 atom stereocenters. The zero-order valence-electron chi connectivity index (χ0n) is 14.8. The first kappa shape index (κ1) is 19.7. The van der Waals surface area contributed by atoms with E-state index in [9.17, 15) is 13.2 Å². The highest BCUT2D eigenvalue weighted by molar-refractivity contribution is 7.89. The lowest BCUT2D eigenvalue weighted by molar-refractivity contribution is -0.132. The van der Waals surface area contributed by atoms with E-state index in [2.05, 4.69) is 15.0 Å². The second kappa shape index (κ2) is 8.33. The molecule has 2 aromatic rings. The lowest BCUT2D eigenvalue weighted by Crippen LogP contribution is -2.44. The molecule has 2 heterocycles. The summed E-state index contributed by atoms with van der Waals surface area (Å²) in [6.45, 7) is -0.122. The number of sulfonamides is 1. The van der Waals surface area contributed by atoms with Crippen molar-refractivity contribution < 1.29 is 28.0 Å². The van der Waals surface area contributed by atoms with Crippen molar-refractivity contribution in [1.82, 2.24) is 14.8 Å². The Labute approximate surface area is 161 Å². The number of aromatic nitrogens is 1. The number of carbonyl (C=O) groups is 1. The number of amides is 1. The van der Waals surface area contributed by atoms with Gasteiger partial charge in [-0.3, -0.25) is 15.0 Å². The highest BCUT2D eigenvalue weighted by Crippen LogP contribution is 2.28. The Hall–Kier alpha value is -3.02. The fraction of sp³-hybridized carbons (Fsp3) is 0.235. The molecule has 10 nitrogen and oxygen atoms in total. The molecule has 11 heteroatoms. The average Bonchev–Trinajstić information content (AvgIpc) is 3.14. The van der Waals surface area contributed by atoms with Gasteiger partial charge in [0.05, 0.1) is 17.2 Å². The summed E-state index contributed by atoms with van der Waals surface area (Å²) in [7, 11) is -2.70. The van der Waals surface area contributed by atoms with Gasteiger partial charge in [0, 0.05) is 18.8 Å². The van der Waals surface area contributed by atoms with Crippen LogP contribution < -0.4 is 10.2 Å². The molecular formula is C17H18N4O6S. The van der Waals surface area contributed by atoms with Gasteiger partial charge < -0.3 is 9.57 Å². The van der Waals surface area contributed by atoms with Crippen LogP contribution in [0.3, 0.4) is 0 Å². The SMILES string of the molecule is CO/N=C1/C[C@@H](C(=O)NO)N(S(=O)(=O)c2ccc(Oc3ccncc3)cc2)C1. The molecule has 1 aromatic heterocycles. The van der Waals surface area contributed by atoms with E-state index in [1.807, 2.05) is 0 Å². The van der Waals surface area contributed by atoms with Gasteiger partial charge in [-0.15, -0.1) is 0 Å². The topological polar surface area (TPSA) is 130 Å². The van der Waals surface area contributed by atoms with E-state index in [0.29, 0.717) is 17.2 Å². The first-order valence-corrected chi connectivity index (χ1v) is 9.62. The van der Waals surface area contributed by atoms with Crippen molar-refractivity contribution in [2.75, 3.05) is 13.7 Å². The molecule has 1 saturated heterocycles. The van der Waals surface area contributed by atoms with Gasteiger partial charge in [-0.2, -0.15) is 4.31 Å². The monoisotopic (exact) mass is 406 g/mol. The van der Waals surface area contributed by atoms with Crippen molar-refractivity contribution in [2.24, 2.45) is 5.16 Å². The molecule has 1 fully saturated rings. The molecule has 0 saturated carbocycles. The summed E-state index contributed by atoms with van der Waals surface area (Å²) in [4.78, 5) is 20.5. The first-order valence-electron chi connectivity index (χ1n) is 8.18. The van der Waals surface area contributed by atoms with Crippen LogP contribution in [0, 0.1) is 0 Å². The maximum Gasteiger partial charge on any atom is 0.262 e. The minimum absolute atomic E-state index is 0.0166. The molecular weight excluding hydrogens is 388 g/mol. The van der Waals surface area contributed by atoms with Crippen LogP contribution in [-0.4, -0.2) is 54.2 Å². The van der Waals surface area contributed by atoms with Crippen molar-refractivity contribution in [3.05, 3.63) is 48.8 Å². The van der Waals surface area contributed by atoms with Gasteiger partial charge in [0.2, 0.25) is 10.0 Å². The Kier molecular flexibility index (Phi) is 5.87. The van der Waals surface area contributed by atoms with Crippen LogP contribution >= 0.6 is 0 Å². The second-order valence-corrected chi connectivity index (χ2v) is 7.73. The maximum absolute atomic E-state index is 13.0. The Morgan fingerprint density at radius 3 is 2.46 bits per heavy atom. The van der Waals surface area contributed by atoms with Gasteiger partial charge in [-0.25, -0.2) is 13.9 Å². The standard InChI is InChI=1S/C17H18N4O6S/c1-26-20-12-10-16(17(22)19-23)21(11-12)28(24,25)15-4-2-13(3-5-15)27-14-6-8-18-9-7-14/h2-9,16,23H,10-11H2,1H3,(H,19,22)/b20-12-/t16-/m0/s1. The lowest BCUT2D eigenvalue weighted by Gasteiger charge is -2.21. The number of pyridine rings is 1. The van der Waals surface area contributed by atoms with Gasteiger partial charge in [-0.1, -0.05) is 5.16 Å². The Morgan fingerprint density at radius 2 is 1.86 bits per heavy atom. The van der Waals surface area contributed by atoms with E-state index >= 15 is 0 Å². The number of hydrogen-bond donors (Lipinski definition) is 2. The third-order valence-electron chi connectivity index (χ3n) is 4.06. The number of hydrogen-bond acceptors (Lipinski definition) is 8. The average molecular weight is 406 g/mol. The van der Waals surface area contributed by atoms with Crippen LogP contribution in [0.5, 0.6) is 11.5 Å². The van der Waals surface area contributed by atoms with E-state index in [1.54, 1.807) is 24.5 Å². The second-order valence-electron chi connectivity index (χ2n) is 5.84. The number of benzene rings is 1. The zero-order valence-corrected chi connectivity index (χ0v) is 15.7. The molecule has 0 aliphatic carbocycles. The first-order chi connectivity index (χ1) is 13.5. The minimum atomic E-state index is -4.02. The summed E-state index contributed by atoms with van der Waals surface area (Å²) < 4.78 is 32.6. The summed E-state index contributed by atoms with van der Waals surface area (Å²) >= 11 is 0. The van der Waals surface area contributed by atoms with Crippen molar-refractivity contribution in [3.63, 3.8) is 0 Å². The smallest absolute Gasteiger partial charge is 0.262 e. The Morgan fingerprint density at radius 1 is 1.21 bits per heavy atom. The molecule has 0 radical (unpaired) electrons. The maximum atomic E-state index is 13.0. The summed E-state index contributed by atoms with van der Waals surface area (Å²) in [6, 6.07) is 7.99. The molecule has 2 N–H and O–H groups in total. The van der Waals surface area contributed by atoms with Crippen LogP contribution in [0.15, 0.2) is 58.8 Å². The lowest BCUT2D eigenvalue weighted by atomic mass is 10.2. The van der Waals surface area contributed by atoms with Crippen molar-refractivity contribution >= 4 is 21.6 Å². The number of carbonyl (C=O) groups excluding carboxylic acids is 1. The van der Waals surface area contributed by atoms with Gasteiger partial charge >= 0.3 is 0 Å². The van der Waals surface area contributed by atoms with E-state index in [1.165, 1.54) is 36.9 Å². The molecule has 1 aliphatic heterocycles. The van der Waals surface area contributed by atoms with E-state index in [0.717, 1.165) is 4.31 Å². The summed E-state index contributed by atoms with van der Waals surface area (Å²) in [5, 5.41) is 12.7. The summed E-state index contributed by atoms with van der Waals surface area (Å²) in [6.07, 6.45) is 3.17. The van der Waals surface area contributed by atoms with Gasteiger partial charge in [0.1, 0.15) is 24.7 Å². The molecule has 0 unspecified atom stereocenters. The highest BCUT2D eigenvalue weighted by Gasteiger charge is 2.42. The predicted octanol–water partition coefficient (Wildman–Crippen LogP) is 1.14. The third kappa shape index (κ3) is 4.11. The third-order valence-corrected chi connectivity index (χ3v) is 5.93. The van der Waals surface area contributed by atoms with Crippen LogP contribution in [0.1, 0.15) is 6.42 Å². The highest BCUT2D eigenvalue weighted by atomic mass is 32.2. The summed E-state index contributed by atoms with van der Waals surface area (Å²) in [5.41, 5.74) is 1.87. The molecule has 3 rings (SSSR count). The molecule has 148 valence electrons. The molecule has 1 aromatic carbocycles. The predicted molar refractivity (Wildman–Crippen MR) is 97.4 cm³/mol. The van der Waals surface area contributed by atoms with Crippen molar-refractivity contribution in [3.8, 4) is 11.5 Å². The van der Waals surface area contributed by atoms with E-state index < -0.39 is 22.0 Å². The fourth-order valence-corrected chi connectivity index (χ4v) is 4.36. The zero-order chi connectivity index (χ0) is 20.1. The number of nitrogens with zero attached hydrogens (tertiary/aromatic N) is 3. The number of hydroxylamine groups is 1. The van der Waals surface area contributed by atoms with Gasteiger partial charge in [-0.05, 0) is 36.4 Å². The number of rotatable bonds is 6. The van der Waals surface area contributed by atoms with Crippen LogP contribution in [0.25, 0.3) is 0 Å². The van der Waals surface area contributed by atoms with Gasteiger partial charge in [0.25, 0.3) is 5.91 Å². The molecule has 0 spiro atoms. The summed E-state index contributed by atoms with van der Waals surface area (Å²) in [5.74, 6) is 0.158. The Balaban J connectivity index is 1.84. The molecule has 28 heavy (non-hydrogen) atoms. The largest absolute Gasteiger partial charge is 0.457 e. The van der Waals surface area contributed by atoms with Gasteiger partial charge in [0.15, 0.2) is 0 Å². The van der Waals surface area contributed by atoms with Crippen LogP contribution in [0.2, 0.25) is 0 Å². The van der Waals surface area contributed by atoms with Crippen molar-refractivity contribution in [2.45, 2.75) is 17.4 Å². The minimum Gasteiger partial charge on any atom is -0.457 e. The van der Waals surface area contributed by atoms with Crippen LogP contribution in [-0.2, 0) is 19.7 Å². The number of nitrogens with one attached hydrogen (secondary N) is 1. The molecule has 1 aliphatic rings. The number of ether oxygens (including phenoxy) is 1. The molecule has 1 amide bonds. The Bertz CT molecular complexity index is 963. The fourth-order valence-electron chi connectivity index (χ4n) is 2.78. The van der Waals surface area contributed by atoms with E-state index in [-0.39, 0.29) is 17.9 Å². The van der Waals surface area contributed by atoms with Crippen LogP contribution in [0.4, 0.5) is 0 Å². The number of oxime groups is 1. The van der Waals surface area contributed by atoms with Crippen molar-refractivity contribution in [1.29, 1.82) is 0 Å². The normalized spacial score (nSPS) is 18.8.